The van der Waals surface area contributed by atoms with Crippen LogP contribution in [0, 0.1) is 0 Å². The number of carbonyl (C=O) groups excluding carboxylic acids is 3. The number of urea groups is 1. The molecule has 0 saturated carbocycles. The molecule has 1 saturated heterocycles. The quantitative estimate of drug-likeness (QED) is 0.660. The van der Waals surface area contributed by atoms with Gasteiger partial charge >= 0.3 is 6.03 Å². The largest absolute Gasteiger partial charge is 0.353 e. The van der Waals surface area contributed by atoms with E-state index in [-0.39, 0.29) is 44.0 Å². The minimum absolute atomic E-state index is 0. The zero-order valence-corrected chi connectivity index (χ0v) is 14.6. The van der Waals surface area contributed by atoms with Gasteiger partial charge in [0.15, 0.2) is 0 Å². The maximum atomic E-state index is 11.8. The van der Waals surface area contributed by atoms with Crippen LogP contribution in [0.25, 0.3) is 0 Å². The molecule has 0 spiro atoms. The zero-order chi connectivity index (χ0) is 17.0. The Bertz CT molecular complexity index is 604. The fourth-order valence-corrected chi connectivity index (χ4v) is 2.31. The standard InChI is InChI=1S/C16H22N4O3.ClH/c1-10(2)11-3-5-12(6-4-11)13(17)7-18-14(21)8-20-9-15(22)19-16(20)23;/h3-6,10,13H,7-9,17H2,1-2H3,(H,18,21)(H,19,22,23);1H. The number of hydrogen-bond donors (Lipinski definition) is 3. The molecule has 2 rings (SSSR count). The van der Waals surface area contributed by atoms with Crippen LogP contribution in [0.3, 0.4) is 0 Å². The number of amides is 4. The Balaban J connectivity index is 0.00000288. The monoisotopic (exact) mass is 354 g/mol. The van der Waals surface area contributed by atoms with Gasteiger partial charge in [-0.3, -0.25) is 14.9 Å². The van der Waals surface area contributed by atoms with Gasteiger partial charge in [-0.15, -0.1) is 12.4 Å². The third-order valence-corrected chi connectivity index (χ3v) is 3.75. The summed E-state index contributed by atoms with van der Waals surface area (Å²) in [6.45, 7) is 4.26. The van der Waals surface area contributed by atoms with Crippen molar-refractivity contribution in [1.82, 2.24) is 15.5 Å². The minimum Gasteiger partial charge on any atom is -0.353 e. The number of halogens is 1. The van der Waals surface area contributed by atoms with Crippen molar-refractivity contribution in [3.63, 3.8) is 0 Å². The summed E-state index contributed by atoms with van der Waals surface area (Å²) in [5, 5.41) is 4.80. The number of imide groups is 1. The van der Waals surface area contributed by atoms with Crippen LogP contribution in [-0.4, -0.2) is 42.4 Å². The first kappa shape index (κ1) is 19.9. The highest BCUT2D eigenvalue weighted by atomic mass is 35.5. The lowest BCUT2D eigenvalue weighted by Gasteiger charge is -2.16. The molecule has 1 aliphatic rings. The lowest BCUT2D eigenvalue weighted by Crippen LogP contribution is -2.41. The van der Waals surface area contributed by atoms with Crippen LogP contribution >= 0.6 is 12.4 Å². The smallest absolute Gasteiger partial charge is 0.325 e. The molecule has 8 heteroatoms. The van der Waals surface area contributed by atoms with Gasteiger partial charge in [0.1, 0.15) is 13.1 Å². The van der Waals surface area contributed by atoms with Crippen molar-refractivity contribution in [3.8, 4) is 0 Å². The number of nitrogens with zero attached hydrogens (tertiary/aromatic N) is 1. The summed E-state index contributed by atoms with van der Waals surface area (Å²) in [4.78, 5) is 35.4. The maximum absolute atomic E-state index is 11.8. The first-order chi connectivity index (χ1) is 10.9. The van der Waals surface area contributed by atoms with E-state index >= 15 is 0 Å². The lowest BCUT2D eigenvalue weighted by molar-refractivity contribution is -0.122. The number of benzene rings is 1. The molecule has 1 aromatic rings. The molecule has 7 nitrogen and oxygen atoms in total. The van der Waals surface area contributed by atoms with E-state index in [1.807, 2.05) is 24.3 Å². The molecule has 4 N–H and O–H groups in total. The Kier molecular flexibility index (Phi) is 7.18. The number of hydrogen-bond acceptors (Lipinski definition) is 4. The fourth-order valence-electron chi connectivity index (χ4n) is 2.31. The van der Waals surface area contributed by atoms with E-state index in [4.69, 9.17) is 5.73 Å². The summed E-state index contributed by atoms with van der Waals surface area (Å²) in [6.07, 6.45) is 0. The van der Waals surface area contributed by atoms with Crippen molar-refractivity contribution in [2.24, 2.45) is 5.73 Å². The minimum atomic E-state index is -0.543. The van der Waals surface area contributed by atoms with E-state index in [0.717, 1.165) is 10.5 Å². The molecule has 132 valence electrons. The molecule has 1 heterocycles. The molecule has 24 heavy (non-hydrogen) atoms. The van der Waals surface area contributed by atoms with Gasteiger partial charge in [-0.2, -0.15) is 0 Å². The van der Waals surface area contributed by atoms with Crippen molar-refractivity contribution in [2.45, 2.75) is 25.8 Å². The summed E-state index contributed by atoms with van der Waals surface area (Å²) in [7, 11) is 0. The number of carbonyl (C=O) groups is 3. The van der Waals surface area contributed by atoms with Crippen LogP contribution in [0.2, 0.25) is 0 Å². The summed E-state index contributed by atoms with van der Waals surface area (Å²) in [5.74, 6) is -0.289. The van der Waals surface area contributed by atoms with Crippen LogP contribution in [0.1, 0.15) is 36.9 Å². The van der Waals surface area contributed by atoms with Crippen LogP contribution in [0.5, 0.6) is 0 Å². The Morgan fingerprint density at radius 1 is 1.25 bits per heavy atom. The van der Waals surface area contributed by atoms with Gasteiger partial charge in [-0.25, -0.2) is 4.79 Å². The summed E-state index contributed by atoms with van der Waals surface area (Å²) in [5.41, 5.74) is 8.23. The van der Waals surface area contributed by atoms with Gasteiger partial charge in [0, 0.05) is 12.6 Å². The second kappa shape index (κ2) is 8.65. The predicted octanol–water partition coefficient (Wildman–Crippen LogP) is 0.900. The van der Waals surface area contributed by atoms with E-state index in [1.54, 1.807) is 0 Å². The van der Waals surface area contributed by atoms with E-state index in [2.05, 4.69) is 24.5 Å². The first-order valence-corrected chi connectivity index (χ1v) is 7.57. The molecule has 0 radical (unpaired) electrons. The second-order valence-electron chi connectivity index (χ2n) is 5.94. The summed E-state index contributed by atoms with van der Waals surface area (Å²) >= 11 is 0. The van der Waals surface area contributed by atoms with Crippen molar-refractivity contribution in [1.29, 1.82) is 0 Å². The molecule has 0 aliphatic carbocycles. The molecule has 1 atom stereocenters. The van der Waals surface area contributed by atoms with Gasteiger partial charge in [-0.05, 0) is 17.0 Å². The van der Waals surface area contributed by atoms with Gasteiger partial charge in [0.2, 0.25) is 11.8 Å². The maximum Gasteiger partial charge on any atom is 0.325 e. The highest BCUT2D eigenvalue weighted by molar-refractivity contribution is 6.03. The van der Waals surface area contributed by atoms with Crippen LogP contribution in [-0.2, 0) is 9.59 Å². The van der Waals surface area contributed by atoms with Gasteiger partial charge in [0.25, 0.3) is 0 Å². The molecule has 1 aromatic carbocycles. The normalized spacial score (nSPS) is 15.1. The topological polar surface area (TPSA) is 105 Å². The van der Waals surface area contributed by atoms with E-state index in [1.165, 1.54) is 5.56 Å². The van der Waals surface area contributed by atoms with Gasteiger partial charge in [0.05, 0.1) is 0 Å². The highest BCUT2D eigenvalue weighted by Crippen LogP contribution is 2.17. The van der Waals surface area contributed by atoms with Crippen LogP contribution in [0.4, 0.5) is 4.79 Å². The number of nitrogens with two attached hydrogens (primary N) is 1. The van der Waals surface area contributed by atoms with Crippen LogP contribution in [0.15, 0.2) is 24.3 Å². The molecule has 1 unspecified atom stereocenters. The molecular formula is C16H23ClN4O3. The van der Waals surface area contributed by atoms with Crippen molar-refractivity contribution < 1.29 is 14.4 Å². The Hall–Kier alpha value is -2.12. The molecule has 4 amide bonds. The molecular weight excluding hydrogens is 332 g/mol. The van der Waals surface area contributed by atoms with Crippen LogP contribution < -0.4 is 16.4 Å². The lowest BCUT2D eigenvalue weighted by atomic mass is 9.99. The Labute approximate surface area is 147 Å². The molecule has 1 aliphatic heterocycles. The first-order valence-electron chi connectivity index (χ1n) is 7.57. The van der Waals surface area contributed by atoms with E-state index in [9.17, 15) is 14.4 Å². The number of nitrogens with one attached hydrogen (secondary N) is 2. The predicted molar refractivity (Wildman–Crippen MR) is 92.8 cm³/mol. The average molecular weight is 355 g/mol. The molecule has 0 bridgehead atoms. The van der Waals surface area contributed by atoms with Crippen molar-refractivity contribution in [2.75, 3.05) is 19.6 Å². The molecule has 1 fully saturated rings. The number of rotatable bonds is 6. The Morgan fingerprint density at radius 3 is 2.33 bits per heavy atom. The van der Waals surface area contributed by atoms with Gasteiger partial charge < -0.3 is 16.0 Å². The summed E-state index contributed by atoms with van der Waals surface area (Å²) < 4.78 is 0. The fraction of sp³-hybridized carbons (Fsp3) is 0.438. The third kappa shape index (κ3) is 5.21. The van der Waals surface area contributed by atoms with Crippen molar-refractivity contribution in [3.05, 3.63) is 35.4 Å². The van der Waals surface area contributed by atoms with Crippen molar-refractivity contribution >= 4 is 30.3 Å². The Morgan fingerprint density at radius 2 is 1.83 bits per heavy atom. The van der Waals surface area contributed by atoms with E-state index in [0.29, 0.717) is 5.92 Å². The highest BCUT2D eigenvalue weighted by Gasteiger charge is 2.28. The average Bonchev–Trinajstić information content (AvgIpc) is 2.82. The second-order valence-corrected chi connectivity index (χ2v) is 5.94. The third-order valence-electron chi connectivity index (χ3n) is 3.75. The summed E-state index contributed by atoms with van der Waals surface area (Å²) in [6, 6.07) is 7.11. The zero-order valence-electron chi connectivity index (χ0n) is 13.7. The van der Waals surface area contributed by atoms with E-state index < -0.39 is 11.9 Å². The van der Waals surface area contributed by atoms with Gasteiger partial charge in [-0.1, -0.05) is 38.1 Å². The molecule has 0 aromatic heterocycles. The SMILES string of the molecule is CC(C)c1ccc(C(N)CNC(=O)CN2CC(=O)NC2=O)cc1.Cl.